The molecule has 25 heavy (non-hydrogen) atoms. The van der Waals surface area contributed by atoms with Crippen LogP contribution in [0, 0.1) is 5.92 Å². The van der Waals surface area contributed by atoms with E-state index in [0.717, 1.165) is 37.5 Å². The lowest BCUT2D eigenvalue weighted by Crippen LogP contribution is -2.44. The lowest BCUT2D eigenvalue weighted by atomic mass is 9.93. The number of piperidine rings is 1. The molecule has 2 aliphatic heterocycles. The van der Waals surface area contributed by atoms with Gasteiger partial charge in [0.15, 0.2) is 0 Å². The fraction of sp³-hybridized carbons (Fsp3) is 0.400. The van der Waals surface area contributed by atoms with Crippen molar-refractivity contribution in [2.75, 3.05) is 13.1 Å². The molecule has 5 heteroatoms. The topological polar surface area (TPSA) is 54.5 Å². The number of fused-ring (bicyclic) bond motifs is 1. The van der Waals surface area contributed by atoms with Crippen LogP contribution in [0.15, 0.2) is 48.7 Å². The van der Waals surface area contributed by atoms with Crippen LogP contribution in [0.3, 0.4) is 0 Å². The average molecular weight is 337 g/mol. The van der Waals surface area contributed by atoms with E-state index >= 15 is 0 Å². The number of hydrogen-bond acceptors (Lipinski definition) is 4. The SMILES string of the molecule is O=C1C[C@@H]2CN(Cc3cccc(OCc4ccccn4)c3)CC[C@@H]2N1. The molecule has 0 unspecified atom stereocenters. The highest BCUT2D eigenvalue weighted by molar-refractivity contribution is 5.79. The molecule has 4 rings (SSSR count). The lowest BCUT2D eigenvalue weighted by Gasteiger charge is -2.34. The zero-order chi connectivity index (χ0) is 17.1. The van der Waals surface area contributed by atoms with Gasteiger partial charge in [-0.15, -0.1) is 0 Å². The summed E-state index contributed by atoms with van der Waals surface area (Å²) in [5, 5.41) is 3.09. The van der Waals surface area contributed by atoms with Crippen LogP contribution in [0.1, 0.15) is 24.1 Å². The molecule has 0 bridgehead atoms. The quantitative estimate of drug-likeness (QED) is 0.910. The maximum atomic E-state index is 11.6. The molecule has 1 amide bonds. The van der Waals surface area contributed by atoms with E-state index in [-0.39, 0.29) is 5.91 Å². The first-order valence-corrected chi connectivity index (χ1v) is 8.89. The van der Waals surface area contributed by atoms with Gasteiger partial charge < -0.3 is 10.1 Å². The molecule has 0 saturated carbocycles. The Hall–Kier alpha value is -2.40. The van der Waals surface area contributed by atoms with Crippen LogP contribution < -0.4 is 10.1 Å². The van der Waals surface area contributed by atoms with Crippen LogP contribution in [-0.2, 0) is 17.9 Å². The van der Waals surface area contributed by atoms with E-state index in [1.807, 2.05) is 30.3 Å². The van der Waals surface area contributed by atoms with Gasteiger partial charge >= 0.3 is 0 Å². The Bertz CT molecular complexity index is 735. The number of ether oxygens (including phenoxy) is 1. The molecule has 1 aromatic carbocycles. The van der Waals surface area contributed by atoms with Gasteiger partial charge in [-0.2, -0.15) is 0 Å². The summed E-state index contributed by atoms with van der Waals surface area (Å²) >= 11 is 0. The summed E-state index contributed by atoms with van der Waals surface area (Å²) < 4.78 is 5.87. The van der Waals surface area contributed by atoms with Gasteiger partial charge in [0.2, 0.25) is 5.91 Å². The van der Waals surface area contributed by atoms with Gasteiger partial charge in [-0.25, -0.2) is 0 Å². The molecule has 2 aliphatic rings. The highest BCUT2D eigenvalue weighted by Crippen LogP contribution is 2.26. The van der Waals surface area contributed by atoms with Crippen molar-refractivity contribution in [2.24, 2.45) is 5.92 Å². The predicted molar refractivity (Wildman–Crippen MR) is 94.9 cm³/mol. The van der Waals surface area contributed by atoms with E-state index in [1.165, 1.54) is 5.56 Å². The number of likely N-dealkylation sites (tertiary alicyclic amines) is 1. The zero-order valence-electron chi connectivity index (χ0n) is 14.2. The second-order valence-electron chi connectivity index (χ2n) is 6.92. The van der Waals surface area contributed by atoms with Gasteiger partial charge in [-0.3, -0.25) is 14.7 Å². The second kappa shape index (κ2) is 7.23. The van der Waals surface area contributed by atoms with Crippen molar-refractivity contribution in [3.63, 3.8) is 0 Å². The van der Waals surface area contributed by atoms with Crippen LogP contribution >= 0.6 is 0 Å². The Morgan fingerprint density at radius 3 is 3.08 bits per heavy atom. The minimum absolute atomic E-state index is 0.210. The largest absolute Gasteiger partial charge is 0.487 e. The number of carbonyl (C=O) groups is 1. The monoisotopic (exact) mass is 337 g/mol. The molecule has 130 valence electrons. The molecular weight excluding hydrogens is 314 g/mol. The Morgan fingerprint density at radius 1 is 1.24 bits per heavy atom. The standard InChI is InChI=1S/C20H23N3O2/c24-20-11-16-13-23(9-7-19(16)22-20)12-15-4-3-6-18(10-15)25-14-17-5-1-2-8-21-17/h1-6,8,10,16,19H,7,9,11-14H2,(H,22,24)/t16-,19+/m1/s1. The maximum Gasteiger partial charge on any atom is 0.220 e. The van der Waals surface area contributed by atoms with Gasteiger partial charge in [0.05, 0.1) is 5.69 Å². The first-order chi connectivity index (χ1) is 12.3. The summed E-state index contributed by atoms with van der Waals surface area (Å²) in [6.45, 7) is 3.40. The van der Waals surface area contributed by atoms with Crippen molar-refractivity contribution in [2.45, 2.75) is 32.0 Å². The highest BCUT2D eigenvalue weighted by atomic mass is 16.5. The number of carbonyl (C=O) groups excluding carboxylic acids is 1. The van der Waals surface area contributed by atoms with Crippen LogP contribution in [0.2, 0.25) is 0 Å². The third-order valence-corrected chi connectivity index (χ3v) is 5.03. The number of amides is 1. The first kappa shape index (κ1) is 16.1. The minimum atomic E-state index is 0.210. The van der Waals surface area contributed by atoms with E-state index in [9.17, 15) is 4.79 Å². The fourth-order valence-electron chi connectivity index (χ4n) is 3.78. The summed E-state index contributed by atoms with van der Waals surface area (Å²) in [7, 11) is 0. The Morgan fingerprint density at radius 2 is 2.20 bits per heavy atom. The van der Waals surface area contributed by atoms with Gasteiger partial charge in [0.1, 0.15) is 12.4 Å². The minimum Gasteiger partial charge on any atom is -0.487 e. The summed E-state index contributed by atoms with van der Waals surface area (Å²) in [5.41, 5.74) is 2.17. The van der Waals surface area contributed by atoms with Gasteiger partial charge in [0.25, 0.3) is 0 Å². The molecule has 3 heterocycles. The van der Waals surface area contributed by atoms with E-state index in [1.54, 1.807) is 6.20 Å². The van der Waals surface area contributed by atoms with Crippen molar-refractivity contribution in [1.82, 2.24) is 15.2 Å². The van der Waals surface area contributed by atoms with Crippen LogP contribution in [-0.4, -0.2) is 34.9 Å². The van der Waals surface area contributed by atoms with E-state index in [2.05, 4.69) is 27.3 Å². The lowest BCUT2D eigenvalue weighted by molar-refractivity contribution is -0.119. The molecule has 2 fully saturated rings. The van der Waals surface area contributed by atoms with Crippen LogP contribution in [0.5, 0.6) is 5.75 Å². The van der Waals surface area contributed by atoms with Crippen molar-refractivity contribution >= 4 is 5.91 Å². The third kappa shape index (κ3) is 3.99. The summed E-state index contributed by atoms with van der Waals surface area (Å²) in [6, 6.07) is 14.5. The van der Waals surface area contributed by atoms with E-state index in [0.29, 0.717) is 25.0 Å². The molecule has 0 radical (unpaired) electrons. The highest BCUT2D eigenvalue weighted by Gasteiger charge is 2.36. The zero-order valence-corrected chi connectivity index (χ0v) is 14.2. The Labute approximate surface area is 148 Å². The summed E-state index contributed by atoms with van der Waals surface area (Å²) in [4.78, 5) is 18.3. The summed E-state index contributed by atoms with van der Waals surface area (Å²) in [6.07, 6.45) is 3.50. The van der Waals surface area contributed by atoms with Crippen molar-refractivity contribution in [1.29, 1.82) is 0 Å². The molecule has 1 N–H and O–H groups in total. The average Bonchev–Trinajstić information content (AvgIpc) is 3.00. The van der Waals surface area contributed by atoms with E-state index < -0.39 is 0 Å². The first-order valence-electron chi connectivity index (χ1n) is 8.89. The third-order valence-electron chi connectivity index (χ3n) is 5.03. The van der Waals surface area contributed by atoms with Crippen molar-refractivity contribution in [3.05, 3.63) is 59.9 Å². The fourth-order valence-corrected chi connectivity index (χ4v) is 3.78. The Balaban J connectivity index is 1.34. The number of benzene rings is 1. The molecule has 2 atom stereocenters. The summed E-state index contributed by atoms with van der Waals surface area (Å²) in [5.74, 6) is 1.54. The smallest absolute Gasteiger partial charge is 0.220 e. The van der Waals surface area contributed by atoms with Gasteiger partial charge in [0, 0.05) is 44.2 Å². The van der Waals surface area contributed by atoms with Crippen LogP contribution in [0.4, 0.5) is 0 Å². The number of pyridine rings is 1. The number of aromatic nitrogens is 1. The molecule has 2 aromatic rings. The molecular formula is C20H23N3O2. The molecule has 0 spiro atoms. The van der Waals surface area contributed by atoms with Crippen LogP contribution in [0.25, 0.3) is 0 Å². The number of hydrogen-bond donors (Lipinski definition) is 1. The van der Waals surface area contributed by atoms with E-state index in [4.69, 9.17) is 4.74 Å². The molecule has 0 aliphatic carbocycles. The Kier molecular flexibility index (Phi) is 4.65. The normalized spacial score (nSPS) is 23.1. The van der Waals surface area contributed by atoms with Gasteiger partial charge in [-0.05, 0) is 36.2 Å². The second-order valence-corrected chi connectivity index (χ2v) is 6.92. The molecule has 2 saturated heterocycles. The number of nitrogens with zero attached hydrogens (tertiary/aromatic N) is 2. The molecule has 1 aromatic heterocycles. The van der Waals surface area contributed by atoms with Gasteiger partial charge in [-0.1, -0.05) is 18.2 Å². The predicted octanol–water partition coefficient (Wildman–Crippen LogP) is 2.37. The number of nitrogens with one attached hydrogen (secondary N) is 1. The maximum absolute atomic E-state index is 11.6. The van der Waals surface area contributed by atoms with Crippen molar-refractivity contribution in [3.8, 4) is 5.75 Å². The molecule has 5 nitrogen and oxygen atoms in total. The van der Waals surface area contributed by atoms with Crippen molar-refractivity contribution < 1.29 is 9.53 Å². The number of rotatable bonds is 5.